The van der Waals surface area contributed by atoms with Gasteiger partial charge in [0.1, 0.15) is 0 Å². The molecule has 0 saturated carbocycles. The van der Waals surface area contributed by atoms with Crippen LogP contribution >= 0.6 is 0 Å². The molecule has 0 aliphatic rings. The second kappa shape index (κ2) is 7.10. The van der Waals surface area contributed by atoms with Crippen LogP contribution in [-0.4, -0.2) is 32.9 Å². The van der Waals surface area contributed by atoms with Gasteiger partial charge in [-0.25, -0.2) is 4.79 Å². The fourth-order valence-electron chi connectivity index (χ4n) is 2.09. The molecule has 1 rings (SSSR count). The number of nitrogens with one attached hydrogen (secondary N) is 2. The molecule has 0 saturated heterocycles. The Morgan fingerprint density at radius 3 is 2.57 bits per heavy atom. The van der Waals surface area contributed by atoms with E-state index in [9.17, 15) is 9.59 Å². The summed E-state index contributed by atoms with van der Waals surface area (Å²) in [6.07, 6.45) is 2.30. The summed E-state index contributed by atoms with van der Waals surface area (Å²) in [7, 11) is 1.80. The van der Waals surface area contributed by atoms with Crippen molar-refractivity contribution < 1.29 is 14.7 Å². The molecule has 1 aromatic rings. The lowest BCUT2D eigenvalue weighted by atomic mass is 9.87. The number of rotatable bonds is 6. The van der Waals surface area contributed by atoms with Crippen molar-refractivity contribution in [2.24, 2.45) is 12.5 Å². The number of urea groups is 1. The van der Waals surface area contributed by atoms with Gasteiger partial charge in [-0.2, -0.15) is 5.10 Å². The van der Waals surface area contributed by atoms with Crippen LogP contribution in [0.15, 0.2) is 12.3 Å². The molecule has 1 unspecified atom stereocenters. The smallest absolute Gasteiger partial charge is 0.315 e. The largest absolute Gasteiger partial charge is 0.481 e. The lowest BCUT2D eigenvalue weighted by Crippen LogP contribution is -2.44. The minimum Gasteiger partial charge on any atom is -0.481 e. The minimum absolute atomic E-state index is 0.0611. The summed E-state index contributed by atoms with van der Waals surface area (Å²) in [6.45, 7) is 6.34. The number of aryl methyl sites for hydroxylation is 1. The topological polar surface area (TPSA) is 96.2 Å². The SMILES string of the molecule is Cn1ccc(CNC(=O)NC(CC(=O)O)CC(C)(C)C)n1. The first-order valence-electron chi connectivity index (χ1n) is 6.90. The zero-order valence-electron chi connectivity index (χ0n) is 13.0. The molecule has 0 aliphatic heterocycles. The van der Waals surface area contributed by atoms with E-state index in [1.807, 2.05) is 26.8 Å². The number of hydrogen-bond acceptors (Lipinski definition) is 3. The first-order chi connectivity index (χ1) is 9.65. The van der Waals surface area contributed by atoms with Gasteiger partial charge in [0.25, 0.3) is 0 Å². The van der Waals surface area contributed by atoms with E-state index in [0.29, 0.717) is 13.0 Å². The number of amides is 2. The summed E-state index contributed by atoms with van der Waals surface area (Å²) in [4.78, 5) is 22.7. The van der Waals surface area contributed by atoms with Crippen molar-refractivity contribution in [2.45, 2.75) is 46.2 Å². The van der Waals surface area contributed by atoms with E-state index >= 15 is 0 Å². The Morgan fingerprint density at radius 2 is 2.10 bits per heavy atom. The second-order valence-corrected chi connectivity index (χ2v) is 6.37. The van der Waals surface area contributed by atoms with Crippen LogP contribution in [-0.2, 0) is 18.4 Å². The number of carbonyl (C=O) groups excluding carboxylic acids is 1. The van der Waals surface area contributed by atoms with Crippen molar-refractivity contribution in [1.29, 1.82) is 0 Å². The fraction of sp³-hybridized carbons (Fsp3) is 0.643. The Kier molecular flexibility index (Phi) is 5.75. The summed E-state index contributed by atoms with van der Waals surface area (Å²) >= 11 is 0. The molecule has 0 aliphatic carbocycles. The summed E-state index contributed by atoms with van der Waals surface area (Å²) < 4.78 is 1.65. The Balaban J connectivity index is 2.49. The van der Waals surface area contributed by atoms with Gasteiger partial charge in [-0.3, -0.25) is 9.48 Å². The molecule has 1 heterocycles. The number of hydrogen-bond donors (Lipinski definition) is 3. The van der Waals surface area contributed by atoms with Gasteiger partial charge in [0.15, 0.2) is 0 Å². The molecule has 21 heavy (non-hydrogen) atoms. The Morgan fingerprint density at radius 1 is 1.43 bits per heavy atom. The van der Waals surface area contributed by atoms with Crippen LogP contribution in [0.5, 0.6) is 0 Å². The quantitative estimate of drug-likeness (QED) is 0.741. The number of carbonyl (C=O) groups is 2. The fourth-order valence-corrected chi connectivity index (χ4v) is 2.09. The van der Waals surface area contributed by atoms with Crippen molar-refractivity contribution in [3.05, 3.63) is 18.0 Å². The number of carboxylic acid groups (broad SMARTS) is 1. The van der Waals surface area contributed by atoms with Gasteiger partial charge < -0.3 is 15.7 Å². The van der Waals surface area contributed by atoms with Crippen LogP contribution in [0.4, 0.5) is 4.79 Å². The molecule has 0 fully saturated rings. The van der Waals surface area contributed by atoms with Crippen LogP contribution in [0.1, 0.15) is 39.3 Å². The molecule has 7 heteroatoms. The maximum atomic E-state index is 11.9. The summed E-state index contributed by atoms with van der Waals surface area (Å²) in [5.74, 6) is -0.922. The molecular weight excluding hydrogens is 272 g/mol. The van der Waals surface area contributed by atoms with Crippen LogP contribution in [0, 0.1) is 5.41 Å². The highest BCUT2D eigenvalue weighted by atomic mass is 16.4. The van der Waals surface area contributed by atoms with Gasteiger partial charge in [-0.05, 0) is 17.9 Å². The third-order valence-corrected chi connectivity index (χ3v) is 2.81. The molecule has 1 aromatic heterocycles. The maximum absolute atomic E-state index is 11.9. The van der Waals surface area contributed by atoms with Crippen molar-refractivity contribution in [3.63, 3.8) is 0 Å². The number of nitrogens with zero attached hydrogens (tertiary/aromatic N) is 2. The highest BCUT2D eigenvalue weighted by Gasteiger charge is 2.22. The highest BCUT2D eigenvalue weighted by molar-refractivity contribution is 5.75. The van der Waals surface area contributed by atoms with Crippen LogP contribution in [0.25, 0.3) is 0 Å². The average Bonchev–Trinajstić information content (AvgIpc) is 2.69. The third kappa shape index (κ3) is 7.34. The molecule has 2 amide bonds. The highest BCUT2D eigenvalue weighted by Crippen LogP contribution is 2.22. The molecule has 0 radical (unpaired) electrons. The zero-order chi connectivity index (χ0) is 16.0. The van der Waals surface area contributed by atoms with Crippen molar-refractivity contribution >= 4 is 12.0 Å². The van der Waals surface area contributed by atoms with Gasteiger partial charge >= 0.3 is 12.0 Å². The summed E-state index contributed by atoms with van der Waals surface area (Å²) in [5, 5.41) is 18.5. The molecule has 1 atom stereocenters. The van der Waals surface area contributed by atoms with E-state index in [-0.39, 0.29) is 17.9 Å². The normalized spacial score (nSPS) is 12.8. The first-order valence-corrected chi connectivity index (χ1v) is 6.90. The standard InChI is InChI=1S/C14H24N4O3/c1-14(2,3)8-11(7-12(19)20)16-13(21)15-9-10-5-6-18(4)17-10/h5-6,11H,7-9H2,1-4H3,(H,19,20)(H2,15,16,21). The molecule has 3 N–H and O–H groups in total. The van der Waals surface area contributed by atoms with Gasteiger partial charge in [0.2, 0.25) is 0 Å². The number of aliphatic carboxylic acids is 1. The van der Waals surface area contributed by atoms with E-state index in [1.165, 1.54) is 0 Å². The maximum Gasteiger partial charge on any atom is 0.315 e. The van der Waals surface area contributed by atoms with Crippen molar-refractivity contribution in [2.75, 3.05) is 0 Å². The molecule has 0 aromatic carbocycles. The summed E-state index contributed by atoms with van der Waals surface area (Å²) in [5.41, 5.74) is 0.687. The van der Waals surface area contributed by atoms with Gasteiger partial charge in [-0.15, -0.1) is 0 Å². The number of aromatic nitrogens is 2. The minimum atomic E-state index is -0.922. The van der Waals surface area contributed by atoms with Crippen molar-refractivity contribution in [1.82, 2.24) is 20.4 Å². The van der Waals surface area contributed by atoms with E-state index in [0.717, 1.165) is 5.69 Å². The third-order valence-electron chi connectivity index (χ3n) is 2.81. The van der Waals surface area contributed by atoms with Gasteiger partial charge in [0, 0.05) is 19.3 Å². The molecule has 0 spiro atoms. The second-order valence-electron chi connectivity index (χ2n) is 6.37. The van der Waals surface area contributed by atoms with Crippen LogP contribution in [0.2, 0.25) is 0 Å². The Labute approximate surface area is 124 Å². The average molecular weight is 296 g/mol. The lowest BCUT2D eigenvalue weighted by Gasteiger charge is -2.25. The first kappa shape index (κ1) is 17.0. The van der Waals surface area contributed by atoms with E-state index in [4.69, 9.17) is 5.11 Å². The van der Waals surface area contributed by atoms with Crippen molar-refractivity contribution in [3.8, 4) is 0 Å². The van der Waals surface area contributed by atoms with Gasteiger partial charge in [0.05, 0.1) is 18.7 Å². The predicted octanol–water partition coefficient (Wildman–Crippen LogP) is 1.50. The molecule has 118 valence electrons. The molecule has 7 nitrogen and oxygen atoms in total. The summed E-state index contributed by atoms with van der Waals surface area (Å²) in [6, 6.07) is 1.03. The molecule has 0 bridgehead atoms. The lowest BCUT2D eigenvalue weighted by molar-refractivity contribution is -0.137. The Bertz CT molecular complexity index is 491. The predicted molar refractivity (Wildman–Crippen MR) is 78.7 cm³/mol. The van der Waals surface area contributed by atoms with Crippen LogP contribution < -0.4 is 10.6 Å². The van der Waals surface area contributed by atoms with Crippen LogP contribution in [0.3, 0.4) is 0 Å². The van der Waals surface area contributed by atoms with E-state index in [1.54, 1.807) is 17.9 Å². The zero-order valence-corrected chi connectivity index (χ0v) is 13.0. The Hall–Kier alpha value is -2.05. The van der Waals surface area contributed by atoms with E-state index < -0.39 is 12.0 Å². The van der Waals surface area contributed by atoms with E-state index in [2.05, 4.69) is 15.7 Å². The number of carboxylic acids is 1. The molecular formula is C14H24N4O3. The van der Waals surface area contributed by atoms with Gasteiger partial charge in [-0.1, -0.05) is 20.8 Å². The monoisotopic (exact) mass is 296 g/mol.